The summed E-state index contributed by atoms with van der Waals surface area (Å²) < 4.78 is 16.0. The molecule has 4 nitrogen and oxygen atoms in total. The Morgan fingerprint density at radius 2 is 2.33 bits per heavy atom. The largest absolute Gasteiger partial charge is 0.466 e. The zero-order chi connectivity index (χ0) is 10.7. The molecule has 2 aliphatic rings. The Morgan fingerprint density at radius 3 is 3.00 bits per heavy atom. The Kier molecular flexibility index (Phi) is 3.59. The molecule has 0 spiro atoms. The van der Waals surface area contributed by atoms with Crippen LogP contribution in [0.15, 0.2) is 0 Å². The van der Waals surface area contributed by atoms with Gasteiger partial charge in [-0.2, -0.15) is 0 Å². The van der Waals surface area contributed by atoms with Gasteiger partial charge in [0, 0.05) is 6.61 Å². The van der Waals surface area contributed by atoms with Gasteiger partial charge in [0.25, 0.3) is 0 Å². The maximum Gasteiger partial charge on any atom is 0.311 e. The Hall–Kier alpha value is -0.610. The van der Waals surface area contributed by atoms with Crippen LogP contribution in [0.1, 0.15) is 32.6 Å². The minimum atomic E-state index is -0.127. The molecular formula is C11H18O4. The average molecular weight is 214 g/mol. The lowest BCUT2D eigenvalue weighted by Gasteiger charge is -2.22. The standard InChI is InChI=1S/C11H18O4/c1-2-13-11(12)8-7-9(8)15-10-5-3-4-6-14-10/h8-10H,2-7H2,1H3/t8-,9-,10?/m0/s1. The number of ether oxygens (including phenoxy) is 3. The molecule has 15 heavy (non-hydrogen) atoms. The van der Waals surface area contributed by atoms with Crippen LogP contribution in [-0.2, 0) is 19.0 Å². The SMILES string of the molecule is CCOC(=O)[C@H]1C[C@@H]1OC1CCCCO1. The predicted molar refractivity (Wildman–Crippen MR) is 53.2 cm³/mol. The highest BCUT2D eigenvalue weighted by molar-refractivity contribution is 5.76. The van der Waals surface area contributed by atoms with E-state index >= 15 is 0 Å². The van der Waals surface area contributed by atoms with Gasteiger partial charge in [-0.3, -0.25) is 4.79 Å². The fraction of sp³-hybridized carbons (Fsp3) is 0.909. The number of esters is 1. The smallest absolute Gasteiger partial charge is 0.311 e. The van der Waals surface area contributed by atoms with Gasteiger partial charge in [-0.05, 0) is 32.6 Å². The van der Waals surface area contributed by atoms with Crippen molar-refractivity contribution in [3.63, 3.8) is 0 Å². The summed E-state index contributed by atoms with van der Waals surface area (Å²) in [5.41, 5.74) is 0. The van der Waals surface area contributed by atoms with Crippen LogP contribution in [0.25, 0.3) is 0 Å². The zero-order valence-corrected chi connectivity index (χ0v) is 9.11. The second kappa shape index (κ2) is 4.94. The van der Waals surface area contributed by atoms with E-state index in [-0.39, 0.29) is 24.3 Å². The van der Waals surface area contributed by atoms with Gasteiger partial charge < -0.3 is 14.2 Å². The van der Waals surface area contributed by atoms with Crippen LogP contribution in [0.3, 0.4) is 0 Å². The number of hydrogen-bond donors (Lipinski definition) is 0. The molecule has 86 valence electrons. The highest BCUT2D eigenvalue weighted by Crippen LogP contribution is 2.37. The van der Waals surface area contributed by atoms with Crippen molar-refractivity contribution < 1.29 is 19.0 Å². The molecule has 0 aromatic heterocycles. The summed E-state index contributed by atoms with van der Waals surface area (Å²) in [6, 6.07) is 0. The molecule has 3 atom stereocenters. The first-order chi connectivity index (χ1) is 7.31. The molecule has 0 aromatic carbocycles. The minimum Gasteiger partial charge on any atom is -0.466 e. The number of rotatable bonds is 4. The van der Waals surface area contributed by atoms with Crippen LogP contribution in [0.5, 0.6) is 0 Å². The molecule has 0 amide bonds. The molecule has 1 unspecified atom stereocenters. The highest BCUT2D eigenvalue weighted by Gasteiger charge is 2.46. The first kappa shape index (κ1) is 10.9. The summed E-state index contributed by atoms with van der Waals surface area (Å²) in [5, 5.41) is 0. The van der Waals surface area contributed by atoms with Crippen LogP contribution >= 0.6 is 0 Å². The van der Waals surface area contributed by atoms with Gasteiger partial charge >= 0.3 is 5.97 Å². The van der Waals surface area contributed by atoms with E-state index in [9.17, 15) is 4.79 Å². The summed E-state index contributed by atoms with van der Waals surface area (Å²) in [6.07, 6.45) is 3.95. The summed E-state index contributed by atoms with van der Waals surface area (Å²) in [7, 11) is 0. The normalized spacial score (nSPS) is 34.9. The Morgan fingerprint density at radius 1 is 1.47 bits per heavy atom. The van der Waals surface area contributed by atoms with E-state index in [0.717, 1.165) is 32.3 Å². The number of hydrogen-bond acceptors (Lipinski definition) is 4. The molecule has 1 aliphatic heterocycles. The molecule has 0 aromatic rings. The van der Waals surface area contributed by atoms with Crippen molar-refractivity contribution in [1.29, 1.82) is 0 Å². The van der Waals surface area contributed by atoms with Crippen molar-refractivity contribution in [2.75, 3.05) is 13.2 Å². The maximum absolute atomic E-state index is 11.3. The molecule has 4 heteroatoms. The monoisotopic (exact) mass is 214 g/mol. The van der Waals surface area contributed by atoms with Crippen LogP contribution in [0, 0.1) is 5.92 Å². The zero-order valence-electron chi connectivity index (χ0n) is 9.11. The number of carbonyl (C=O) groups excluding carboxylic acids is 1. The Balaban J connectivity index is 1.67. The van der Waals surface area contributed by atoms with E-state index in [1.54, 1.807) is 0 Å². The van der Waals surface area contributed by atoms with E-state index < -0.39 is 0 Å². The first-order valence-electron chi connectivity index (χ1n) is 5.75. The van der Waals surface area contributed by atoms with Gasteiger partial charge in [-0.15, -0.1) is 0 Å². The van der Waals surface area contributed by atoms with Crippen molar-refractivity contribution in [2.45, 2.75) is 45.0 Å². The molecule has 1 saturated heterocycles. The summed E-state index contributed by atoms with van der Waals surface area (Å²) >= 11 is 0. The molecule has 0 bridgehead atoms. The average Bonchev–Trinajstić information content (AvgIpc) is 2.99. The lowest BCUT2D eigenvalue weighted by atomic mass is 10.2. The van der Waals surface area contributed by atoms with Gasteiger partial charge in [-0.1, -0.05) is 0 Å². The molecule has 1 heterocycles. The molecule has 2 fully saturated rings. The van der Waals surface area contributed by atoms with Crippen LogP contribution in [0.2, 0.25) is 0 Å². The van der Waals surface area contributed by atoms with Gasteiger partial charge in [0.15, 0.2) is 6.29 Å². The van der Waals surface area contributed by atoms with Gasteiger partial charge in [-0.25, -0.2) is 0 Å². The molecule has 0 radical (unpaired) electrons. The van der Waals surface area contributed by atoms with Gasteiger partial charge in [0.2, 0.25) is 0 Å². The number of carbonyl (C=O) groups is 1. The molecule has 2 rings (SSSR count). The molecule has 0 N–H and O–H groups in total. The third-order valence-electron chi connectivity index (χ3n) is 2.79. The lowest BCUT2D eigenvalue weighted by molar-refractivity contribution is -0.174. The quantitative estimate of drug-likeness (QED) is 0.665. The highest BCUT2D eigenvalue weighted by atomic mass is 16.7. The molecule has 1 saturated carbocycles. The van der Waals surface area contributed by atoms with E-state index in [1.807, 2.05) is 6.92 Å². The van der Waals surface area contributed by atoms with E-state index in [4.69, 9.17) is 14.2 Å². The molecular weight excluding hydrogens is 196 g/mol. The van der Waals surface area contributed by atoms with Crippen molar-refractivity contribution in [3.05, 3.63) is 0 Å². The van der Waals surface area contributed by atoms with Gasteiger partial charge in [0.05, 0.1) is 18.6 Å². The third kappa shape index (κ3) is 2.92. The van der Waals surface area contributed by atoms with Crippen molar-refractivity contribution in [2.24, 2.45) is 5.92 Å². The minimum absolute atomic E-state index is 0.0344. The lowest BCUT2D eigenvalue weighted by Crippen LogP contribution is -2.24. The predicted octanol–water partition coefficient (Wildman–Crippen LogP) is 1.48. The third-order valence-corrected chi connectivity index (χ3v) is 2.79. The van der Waals surface area contributed by atoms with E-state index in [2.05, 4.69) is 0 Å². The molecule has 1 aliphatic carbocycles. The first-order valence-corrected chi connectivity index (χ1v) is 5.75. The fourth-order valence-corrected chi connectivity index (χ4v) is 1.83. The summed E-state index contributed by atoms with van der Waals surface area (Å²) in [4.78, 5) is 11.3. The Labute approximate surface area is 89.9 Å². The van der Waals surface area contributed by atoms with Gasteiger partial charge in [0.1, 0.15) is 0 Å². The second-order valence-electron chi connectivity index (χ2n) is 4.06. The second-order valence-corrected chi connectivity index (χ2v) is 4.06. The van der Waals surface area contributed by atoms with Crippen LogP contribution in [0.4, 0.5) is 0 Å². The summed E-state index contributed by atoms with van der Waals surface area (Å²) in [6.45, 7) is 3.05. The van der Waals surface area contributed by atoms with Crippen molar-refractivity contribution >= 4 is 5.97 Å². The van der Waals surface area contributed by atoms with E-state index in [1.165, 1.54) is 0 Å². The maximum atomic E-state index is 11.3. The van der Waals surface area contributed by atoms with Crippen molar-refractivity contribution in [1.82, 2.24) is 0 Å². The van der Waals surface area contributed by atoms with E-state index in [0.29, 0.717) is 6.61 Å². The van der Waals surface area contributed by atoms with Crippen LogP contribution < -0.4 is 0 Å². The van der Waals surface area contributed by atoms with Crippen molar-refractivity contribution in [3.8, 4) is 0 Å². The fourth-order valence-electron chi connectivity index (χ4n) is 1.83. The topological polar surface area (TPSA) is 44.8 Å². The van der Waals surface area contributed by atoms with Crippen LogP contribution in [-0.4, -0.2) is 31.6 Å². The Bertz CT molecular complexity index is 223. The summed E-state index contributed by atoms with van der Waals surface area (Å²) in [5.74, 6) is -0.172.